The molecule has 2 aromatic rings. The van der Waals surface area contributed by atoms with Crippen LogP contribution < -0.4 is 15.4 Å². The van der Waals surface area contributed by atoms with Gasteiger partial charge in [-0.05, 0) is 48.4 Å². The van der Waals surface area contributed by atoms with Crippen LogP contribution in [0.25, 0.3) is 0 Å². The van der Waals surface area contributed by atoms with Crippen LogP contribution in [0, 0.1) is 11.6 Å². The predicted molar refractivity (Wildman–Crippen MR) is 89.3 cm³/mol. The van der Waals surface area contributed by atoms with Gasteiger partial charge in [0.1, 0.15) is 12.4 Å². The third-order valence-electron chi connectivity index (χ3n) is 3.78. The molecule has 0 spiro atoms. The lowest BCUT2D eigenvalue weighted by molar-refractivity contribution is -0.118. The van der Waals surface area contributed by atoms with Crippen LogP contribution in [0.15, 0.2) is 42.5 Å². The van der Waals surface area contributed by atoms with Crippen LogP contribution in [0.1, 0.15) is 12.0 Å². The SMILES string of the molecule is Cl.NC1CCN(c2ccc(OCc3ccc(F)c(F)c3)cc2)C1=O. The summed E-state index contributed by atoms with van der Waals surface area (Å²) in [6.45, 7) is 0.735. The maximum atomic E-state index is 13.1. The molecule has 1 aliphatic rings. The highest BCUT2D eigenvalue weighted by atomic mass is 35.5. The van der Waals surface area contributed by atoms with E-state index in [0.29, 0.717) is 24.3 Å². The minimum absolute atomic E-state index is 0. The van der Waals surface area contributed by atoms with Crippen LogP contribution in [0.2, 0.25) is 0 Å². The molecular weight excluding hydrogens is 338 g/mol. The van der Waals surface area contributed by atoms with Crippen molar-refractivity contribution < 1.29 is 18.3 Å². The van der Waals surface area contributed by atoms with Gasteiger partial charge in [0.05, 0.1) is 6.04 Å². The molecule has 1 unspecified atom stereocenters. The van der Waals surface area contributed by atoms with Crippen molar-refractivity contribution in [2.45, 2.75) is 19.1 Å². The first-order valence-electron chi connectivity index (χ1n) is 7.28. The number of benzene rings is 2. The number of nitrogens with zero attached hydrogens (tertiary/aromatic N) is 1. The third kappa shape index (κ3) is 3.83. The number of rotatable bonds is 4. The summed E-state index contributed by atoms with van der Waals surface area (Å²) in [6, 6.07) is 10.2. The molecular formula is C17H17ClF2N2O2. The molecule has 2 N–H and O–H groups in total. The summed E-state index contributed by atoms with van der Waals surface area (Å²) in [5.74, 6) is -1.29. The Balaban J connectivity index is 0.00000208. The lowest BCUT2D eigenvalue weighted by Gasteiger charge is -2.16. The first kappa shape index (κ1) is 18.2. The van der Waals surface area contributed by atoms with E-state index in [2.05, 4.69) is 0 Å². The van der Waals surface area contributed by atoms with E-state index in [4.69, 9.17) is 10.5 Å². The number of halogens is 3. The Morgan fingerprint density at radius 3 is 2.42 bits per heavy atom. The van der Waals surface area contributed by atoms with E-state index >= 15 is 0 Å². The van der Waals surface area contributed by atoms with E-state index in [1.54, 1.807) is 29.2 Å². The minimum atomic E-state index is -0.898. The third-order valence-corrected chi connectivity index (χ3v) is 3.78. The van der Waals surface area contributed by atoms with Gasteiger partial charge in [0.25, 0.3) is 0 Å². The number of nitrogens with two attached hydrogens (primary N) is 1. The molecule has 0 saturated carbocycles. The highest BCUT2D eigenvalue weighted by molar-refractivity contribution is 5.99. The second-order valence-corrected chi connectivity index (χ2v) is 5.42. The molecule has 1 saturated heterocycles. The molecule has 1 fully saturated rings. The normalized spacial score (nSPS) is 16.9. The molecule has 2 aromatic carbocycles. The monoisotopic (exact) mass is 354 g/mol. The summed E-state index contributed by atoms with van der Waals surface area (Å²) < 4.78 is 31.5. The van der Waals surface area contributed by atoms with Crippen molar-refractivity contribution in [3.63, 3.8) is 0 Å². The minimum Gasteiger partial charge on any atom is -0.489 e. The number of ether oxygens (including phenoxy) is 1. The van der Waals surface area contributed by atoms with Gasteiger partial charge in [0, 0.05) is 12.2 Å². The lowest BCUT2D eigenvalue weighted by Crippen LogP contribution is -2.33. The van der Waals surface area contributed by atoms with E-state index < -0.39 is 17.7 Å². The second-order valence-electron chi connectivity index (χ2n) is 5.42. The second kappa shape index (κ2) is 7.59. The van der Waals surface area contributed by atoms with E-state index in [-0.39, 0.29) is 24.9 Å². The van der Waals surface area contributed by atoms with Crippen LogP contribution in [0.5, 0.6) is 5.75 Å². The van der Waals surface area contributed by atoms with Gasteiger partial charge >= 0.3 is 0 Å². The van der Waals surface area contributed by atoms with Gasteiger partial charge in [-0.3, -0.25) is 4.79 Å². The van der Waals surface area contributed by atoms with Gasteiger partial charge in [0.15, 0.2) is 11.6 Å². The average molecular weight is 355 g/mol. The summed E-state index contributed by atoms with van der Waals surface area (Å²) in [7, 11) is 0. The highest BCUT2D eigenvalue weighted by Gasteiger charge is 2.29. The van der Waals surface area contributed by atoms with Gasteiger partial charge in [-0.15, -0.1) is 12.4 Å². The fraction of sp³-hybridized carbons (Fsp3) is 0.235. The van der Waals surface area contributed by atoms with Crippen LogP contribution in [0.4, 0.5) is 14.5 Å². The number of hydrogen-bond donors (Lipinski definition) is 1. The first-order chi connectivity index (χ1) is 11.0. The van der Waals surface area contributed by atoms with E-state index in [1.807, 2.05) is 0 Å². The van der Waals surface area contributed by atoms with E-state index in [1.165, 1.54) is 6.07 Å². The fourth-order valence-electron chi connectivity index (χ4n) is 2.48. The Bertz CT molecular complexity index is 725. The largest absolute Gasteiger partial charge is 0.489 e. The standard InChI is InChI=1S/C17H16F2N2O2.ClH/c18-14-6-1-11(9-15(14)19)10-23-13-4-2-12(3-5-13)21-8-7-16(20)17(21)22;/h1-6,9,16H,7-8,10,20H2;1H. The zero-order valence-corrected chi connectivity index (χ0v) is 13.6. The molecule has 0 aliphatic carbocycles. The van der Waals surface area contributed by atoms with Crippen LogP contribution in [-0.4, -0.2) is 18.5 Å². The first-order valence-corrected chi connectivity index (χ1v) is 7.28. The number of carbonyl (C=O) groups is 1. The Morgan fingerprint density at radius 1 is 1.12 bits per heavy atom. The summed E-state index contributed by atoms with van der Waals surface area (Å²) in [5, 5.41) is 0. The zero-order valence-electron chi connectivity index (χ0n) is 12.7. The Hall–Kier alpha value is -2.18. The quantitative estimate of drug-likeness (QED) is 0.918. The van der Waals surface area contributed by atoms with E-state index in [0.717, 1.165) is 17.8 Å². The lowest BCUT2D eigenvalue weighted by atomic mass is 10.2. The number of hydrogen-bond acceptors (Lipinski definition) is 3. The number of amides is 1. The molecule has 0 bridgehead atoms. The molecule has 4 nitrogen and oxygen atoms in total. The number of anilines is 1. The maximum Gasteiger partial charge on any atom is 0.243 e. The number of carbonyl (C=O) groups excluding carboxylic acids is 1. The van der Waals surface area contributed by atoms with Gasteiger partial charge in [-0.1, -0.05) is 6.07 Å². The zero-order chi connectivity index (χ0) is 16.4. The molecule has 0 radical (unpaired) electrons. The topological polar surface area (TPSA) is 55.6 Å². The molecule has 0 aromatic heterocycles. The fourth-order valence-corrected chi connectivity index (χ4v) is 2.48. The van der Waals surface area contributed by atoms with Crippen molar-refractivity contribution in [2.75, 3.05) is 11.4 Å². The molecule has 128 valence electrons. The van der Waals surface area contributed by atoms with Gasteiger partial charge < -0.3 is 15.4 Å². The van der Waals surface area contributed by atoms with Gasteiger partial charge in [-0.25, -0.2) is 8.78 Å². The predicted octanol–water partition coefficient (Wildman–Crippen LogP) is 3.03. The Labute approximate surface area is 144 Å². The van der Waals surface area contributed by atoms with Gasteiger partial charge in [-0.2, -0.15) is 0 Å². The van der Waals surface area contributed by atoms with Crippen LogP contribution >= 0.6 is 12.4 Å². The molecule has 7 heteroatoms. The van der Waals surface area contributed by atoms with Crippen molar-refractivity contribution >= 4 is 24.0 Å². The molecule has 1 aliphatic heterocycles. The molecule has 1 amide bonds. The molecule has 24 heavy (non-hydrogen) atoms. The molecule has 1 atom stereocenters. The van der Waals surface area contributed by atoms with Crippen molar-refractivity contribution in [2.24, 2.45) is 5.73 Å². The highest BCUT2D eigenvalue weighted by Crippen LogP contribution is 2.24. The Kier molecular flexibility index (Phi) is 5.75. The molecule has 1 heterocycles. The maximum absolute atomic E-state index is 13.1. The smallest absolute Gasteiger partial charge is 0.243 e. The molecule has 3 rings (SSSR count). The summed E-state index contributed by atoms with van der Waals surface area (Å²) in [4.78, 5) is 13.5. The van der Waals surface area contributed by atoms with Crippen molar-refractivity contribution in [3.05, 3.63) is 59.7 Å². The average Bonchev–Trinajstić information content (AvgIpc) is 2.89. The van der Waals surface area contributed by atoms with Crippen LogP contribution in [-0.2, 0) is 11.4 Å². The summed E-state index contributed by atoms with van der Waals surface area (Å²) >= 11 is 0. The van der Waals surface area contributed by atoms with Gasteiger partial charge in [0.2, 0.25) is 5.91 Å². The van der Waals surface area contributed by atoms with Crippen molar-refractivity contribution in [1.29, 1.82) is 0 Å². The van der Waals surface area contributed by atoms with E-state index in [9.17, 15) is 13.6 Å². The summed E-state index contributed by atoms with van der Waals surface area (Å²) in [6.07, 6.45) is 0.646. The summed E-state index contributed by atoms with van der Waals surface area (Å²) in [5.41, 5.74) is 7.00. The van der Waals surface area contributed by atoms with Crippen LogP contribution in [0.3, 0.4) is 0 Å². The van der Waals surface area contributed by atoms with Crippen molar-refractivity contribution in [1.82, 2.24) is 0 Å². The van der Waals surface area contributed by atoms with Crippen molar-refractivity contribution in [3.8, 4) is 5.75 Å². The Morgan fingerprint density at radius 2 is 1.83 bits per heavy atom.